The number of likely N-dealkylation sites (N-methyl/N-ethyl adjacent to an activating group) is 1. The predicted octanol–water partition coefficient (Wildman–Crippen LogP) is 2.97. The van der Waals surface area contributed by atoms with Crippen molar-refractivity contribution in [1.29, 1.82) is 0 Å². The van der Waals surface area contributed by atoms with Crippen molar-refractivity contribution in [2.45, 2.75) is 9.79 Å². The first-order valence-corrected chi connectivity index (χ1v) is 7.81. The van der Waals surface area contributed by atoms with E-state index in [1.165, 1.54) is 18.8 Å². The molecular formula is C16H15ClN2O2S. The summed E-state index contributed by atoms with van der Waals surface area (Å²) in [4.78, 5) is 25.3. The third-order valence-corrected chi connectivity index (χ3v) is 4.16. The van der Waals surface area contributed by atoms with Gasteiger partial charge < -0.3 is 10.6 Å². The zero-order valence-electron chi connectivity index (χ0n) is 11.9. The Kier molecular flexibility index (Phi) is 5.86. The smallest absolute Gasteiger partial charge is 0.252 e. The second-order valence-corrected chi connectivity index (χ2v) is 5.96. The summed E-state index contributed by atoms with van der Waals surface area (Å²) in [5.74, 6) is -0.586. The number of nitrogens with one attached hydrogen (secondary N) is 2. The number of benzene rings is 2. The Morgan fingerprint density at radius 1 is 1.14 bits per heavy atom. The molecule has 0 saturated heterocycles. The van der Waals surface area contributed by atoms with E-state index in [0.29, 0.717) is 10.6 Å². The lowest BCUT2D eigenvalue weighted by Crippen LogP contribution is -2.35. The Hall–Kier alpha value is -1.98. The van der Waals surface area contributed by atoms with Gasteiger partial charge in [0.15, 0.2) is 0 Å². The van der Waals surface area contributed by atoms with Crippen LogP contribution in [-0.2, 0) is 4.79 Å². The second kappa shape index (κ2) is 7.87. The summed E-state index contributed by atoms with van der Waals surface area (Å²) in [5.41, 5.74) is 0.449. The SMILES string of the molecule is CNC(=O)CNC(=O)c1cc(Cl)ccc1Sc1ccccc1. The average molecular weight is 335 g/mol. The molecule has 0 unspecified atom stereocenters. The van der Waals surface area contributed by atoms with E-state index in [-0.39, 0.29) is 18.4 Å². The highest BCUT2D eigenvalue weighted by Crippen LogP contribution is 2.31. The summed E-state index contributed by atoms with van der Waals surface area (Å²) in [5, 5.41) is 5.51. The Labute approximate surface area is 138 Å². The zero-order chi connectivity index (χ0) is 15.9. The van der Waals surface area contributed by atoms with Gasteiger partial charge in [0.05, 0.1) is 12.1 Å². The Bertz CT molecular complexity index is 677. The quantitative estimate of drug-likeness (QED) is 0.883. The molecule has 0 radical (unpaired) electrons. The highest BCUT2D eigenvalue weighted by atomic mass is 35.5. The van der Waals surface area contributed by atoms with Crippen molar-refractivity contribution >= 4 is 35.2 Å². The number of rotatable bonds is 5. The van der Waals surface area contributed by atoms with Crippen molar-refractivity contribution < 1.29 is 9.59 Å². The fourth-order valence-electron chi connectivity index (χ4n) is 1.73. The lowest BCUT2D eigenvalue weighted by atomic mass is 10.2. The maximum Gasteiger partial charge on any atom is 0.252 e. The molecule has 0 heterocycles. The molecule has 0 fully saturated rings. The fourth-order valence-corrected chi connectivity index (χ4v) is 2.85. The van der Waals surface area contributed by atoms with E-state index in [0.717, 1.165) is 9.79 Å². The van der Waals surface area contributed by atoms with Crippen LogP contribution < -0.4 is 10.6 Å². The summed E-state index contributed by atoms with van der Waals surface area (Å²) >= 11 is 7.46. The monoisotopic (exact) mass is 334 g/mol. The number of amides is 2. The van der Waals surface area contributed by atoms with Crippen LogP contribution in [0.25, 0.3) is 0 Å². The van der Waals surface area contributed by atoms with E-state index in [1.54, 1.807) is 18.2 Å². The molecule has 0 aliphatic carbocycles. The minimum Gasteiger partial charge on any atom is -0.358 e. The lowest BCUT2D eigenvalue weighted by molar-refractivity contribution is -0.119. The molecule has 0 aromatic heterocycles. The molecule has 2 aromatic carbocycles. The van der Waals surface area contributed by atoms with Crippen LogP contribution in [0.3, 0.4) is 0 Å². The summed E-state index contributed by atoms with van der Waals surface area (Å²) < 4.78 is 0. The average Bonchev–Trinajstić information content (AvgIpc) is 2.54. The van der Waals surface area contributed by atoms with E-state index in [9.17, 15) is 9.59 Å². The summed E-state index contributed by atoms with van der Waals surface area (Å²) in [6.07, 6.45) is 0. The molecule has 0 bridgehead atoms. The predicted molar refractivity (Wildman–Crippen MR) is 88.4 cm³/mol. The number of halogens is 1. The van der Waals surface area contributed by atoms with E-state index in [1.807, 2.05) is 30.3 Å². The molecule has 0 saturated carbocycles. The minimum absolute atomic E-state index is 0.0721. The first kappa shape index (κ1) is 16.4. The molecule has 0 spiro atoms. The van der Waals surface area contributed by atoms with Crippen LogP contribution in [0.1, 0.15) is 10.4 Å². The second-order valence-electron chi connectivity index (χ2n) is 4.41. The van der Waals surface area contributed by atoms with Gasteiger partial charge in [0, 0.05) is 21.9 Å². The number of hydrogen-bond acceptors (Lipinski definition) is 3. The van der Waals surface area contributed by atoms with Crippen LogP contribution in [-0.4, -0.2) is 25.4 Å². The molecule has 0 aliphatic heterocycles. The van der Waals surface area contributed by atoms with E-state index < -0.39 is 0 Å². The van der Waals surface area contributed by atoms with E-state index >= 15 is 0 Å². The van der Waals surface area contributed by atoms with Crippen LogP contribution in [0.5, 0.6) is 0 Å². The van der Waals surface area contributed by atoms with Gasteiger partial charge in [0.2, 0.25) is 5.91 Å². The van der Waals surface area contributed by atoms with E-state index in [4.69, 9.17) is 11.6 Å². The molecule has 6 heteroatoms. The minimum atomic E-state index is -0.329. The van der Waals surface area contributed by atoms with Gasteiger partial charge in [-0.15, -0.1) is 0 Å². The topological polar surface area (TPSA) is 58.2 Å². The van der Waals surface area contributed by atoms with Gasteiger partial charge in [0.25, 0.3) is 5.91 Å². The molecule has 2 rings (SSSR count). The van der Waals surface area contributed by atoms with Crippen LogP contribution in [0.2, 0.25) is 5.02 Å². The first-order chi connectivity index (χ1) is 10.6. The van der Waals surface area contributed by atoms with Crippen molar-refractivity contribution in [3.05, 3.63) is 59.1 Å². The molecule has 114 valence electrons. The van der Waals surface area contributed by atoms with Gasteiger partial charge in [-0.25, -0.2) is 0 Å². The largest absolute Gasteiger partial charge is 0.358 e. The van der Waals surface area contributed by atoms with Gasteiger partial charge in [-0.2, -0.15) is 0 Å². The van der Waals surface area contributed by atoms with Gasteiger partial charge in [-0.3, -0.25) is 9.59 Å². The summed E-state index contributed by atoms with van der Waals surface area (Å²) in [6, 6.07) is 14.9. The van der Waals surface area contributed by atoms with Crippen molar-refractivity contribution in [1.82, 2.24) is 10.6 Å². The third kappa shape index (κ3) is 4.51. The zero-order valence-corrected chi connectivity index (χ0v) is 13.5. The normalized spacial score (nSPS) is 10.1. The third-order valence-electron chi connectivity index (χ3n) is 2.85. The van der Waals surface area contributed by atoms with Crippen LogP contribution >= 0.6 is 23.4 Å². The maximum atomic E-state index is 12.3. The maximum absolute atomic E-state index is 12.3. The van der Waals surface area contributed by atoms with Gasteiger partial charge >= 0.3 is 0 Å². The van der Waals surface area contributed by atoms with Crippen molar-refractivity contribution in [2.75, 3.05) is 13.6 Å². The Morgan fingerprint density at radius 3 is 2.55 bits per heavy atom. The highest BCUT2D eigenvalue weighted by Gasteiger charge is 2.14. The Balaban J connectivity index is 2.20. The van der Waals surface area contributed by atoms with Crippen LogP contribution in [0.15, 0.2) is 58.3 Å². The standard InChI is InChI=1S/C16H15ClN2O2S/c1-18-15(20)10-19-16(21)13-9-11(17)7-8-14(13)22-12-5-3-2-4-6-12/h2-9H,10H2,1H3,(H,18,20)(H,19,21). The van der Waals surface area contributed by atoms with Gasteiger partial charge in [0.1, 0.15) is 0 Å². The van der Waals surface area contributed by atoms with E-state index in [2.05, 4.69) is 10.6 Å². The molecular weight excluding hydrogens is 320 g/mol. The Morgan fingerprint density at radius 2 is 1.86 bits per heavy atom. The fraction of sp³-hybridized carbons (Fsp3) is 0.125. The highest BCUT2D eigenvalue weighted by molar-refractivity contribution is 7.99. The first-order valence-electron chi connectivity index (χ1n) is 6.61. The number of carbonyl (C=O) groups excluding carboxylic acids is 2. The van der Waals surface area contributed by atoms with Crippen molar-refractivity contribution in [2.24, 2.45) is 0 Å². The van der Waals surface area contributed by atoms with Crippen molar-refractivity contribution in [3.8, 4) is 0 Å². The molecule has 22 heavy (non-hydrogen) atoms. The van der Waals surface area contributed by atoms with Crippen molar-refractivity contribution in [3.63, 3.8) is 0 Å². The van der Waals surface area contributed by atoms with Gasteiger partial charge in [-0.05, 0) is 30.3 Å². The molecule has 2 aromatic rings. The number of hydrogen-bond donors (Lipinski definition) is 2. The number of carbonyl (C=O) groups is 2. The lowest BCUT2D eigenvalue weighted by Gasteiger charge is -2.10. The molecule has 0 aliphatic rings. The van der Waals surface area contributed by atoms with Crippen LogP contribution in [0, 0.1) is 0 Å². The molecule has 2 amide bonds. The summed E-state index contributed by atoms with van der Waals surface area (Å²) in [6.45, 7) is -0.0721. The summed E-state index contributed by atoms with van der Waals surface area (Å²) in [7, 11) is 1.52. The molecule has 0 atom stereocenters. The van der Waals surface area contributed by atoms with Crippen LogP contribution in [0.4, 0.5) is 0 Å². The molecule has 2 N–H and O–H groups in total. The molecule has 4 nitrogen and oxygen atoms in total. The van der Waals surface area contributed by atoms with Gasteiger partial charge in [-0.1, -0.05) is 41.6 Å².